The highest BCUT2D eigenvalue weighted by molar-refractivity contribution is 6.32. The summed E-state index contributed by atoms with van der Waals surface area (Å²) in [6.45, 7) is 8.55. The van der Waals surface area contributed by atoms with Crippen LogP contribution >= 0.6 is 11.6 Å². The van der Waals surface area contributed by atoms with Gasteiger partial charge in [0.1, 0.15) is 71.4 Å². The number of aliphatic hydroxyl groups excluding tert-OH is 3. The number of phenolic OH excluding ortho intramolecular Hbond substituents is 2. The van der Waals surface area contributed by atoms with Gasteiger partial charge in [-0.25, -0.2) is 0 Å². The van der Waals surface area contributed by atoms with Crippen LogP contribution < -0.4 is 78.5 Å². The Morgan fingerprint density at radius 2 is 1.43 bits per heavy atom. The number of fused-ring (bicyclic) bond motifs is 9. The van der Waals surface area contributed by atoms with Crippen LogP contribution in [0.5, 0.6) is 51.7 Å². The van der Waals surface area contributed by atoms with Crippen molar-refractivity contribution in [2.24, 2.45) is 52.5 Å². The fraction of sp³-hybridized carbons (Fsp3) is 0.483. The number of aliphatic hydroxyl groups is 3. The van der Waals surface area contributed by atoms with Crippen molar-refractivity contribution in [3.05, 3.63) is 148 Å². The number of amides is 9. The Hall–Kier alpha value is -10.7. The average molecular weight is 1680 g/mol. The lowest BCUT2D eigenvalue weighted by Gasteiger charge is -2.54. The van der Waals surface area contributed by atoms with Gasteiger partial charge in [0, 0.05) is 66.9 Å². The predicted octanol–water partition coefficient (Wildman–Crippen LogP) is 5.99. The largest absolute Gasteiger partial charge is 0.508 e. The maximum absolute atomic E-state index is 15.3. The minimum Gasteiger partial charge on any atom is -0.508 e. The van der Waals surface area contributed by atoms with Gasteiger partial charge in [-0.05, 0) is 188 Å². The van der Waals surface area contributed by atoms with Gasteiger partial charge in [0.25, 0.3) is 0 Å². The fourth-order valence-corrected chi connectivity index (χ4v) is 17.6. The zero-order chi connectivity index (χ0) is 86.1. The van der Waals surface area contributed by atoms with Gasteiger partial charge in [-0.3, -0.25) is 48.5 Å². The predicted molar refractivity (Wildman–Crippen MR) is 436 cm³/mol. The van der Waals surface area contributed by atoms with E-state index in [4.69, 9.17) is 72.4 Å². The number of imide groups is 1. The molecule has 33 heteroatoms. The highest BCUT2D eigenvalue weighted by Gasteiger charge is 2.51. The van der Waals surface area contributed by atoms with Crippen molar-refractivity contribution in [1.82, 2.24) is 31.9 Å². The van der Waals surface area contributed by atoms with Crippen molar-refractivity contribution in [2.75, 3.05) is 26.9 Å². The lowest BCUT2D eigenvalue weighted by molar-refractivity contribution is -0.316. The maximum Gasteiger partial charge on any atom is 0.247 e. The van der Waals surface area contributed by atoms with E-state index in [9.17, 15) is 59.1 Å². The van der Waals surface area contributed by atoms with Crippen molar-refractivity contribution >= 4 is 64.8 Å². The number of ether oxygens (including phenoxy) is 8. The topological polar surface area (TPSA) is 505 Å². The average Bonchev–Trinajstić information content (AvgIpc) is 0.757. The lowest BCUT2D eigenvalue weighted by Crippen LogP contribution is -2.62. The molecule has 8 aliphatic rings. The number of hydrogen-bond donors (Lipinski definition) is 15. The van der Waals surface area contributed by atoms with E-state index in [-0.39, 0.29) is 155 Å². The molecule has 4 aliphatic heterocycles. The number of rotatable bonds is 30. The van der Waals surface area contributed by atoms with Gasteiger partial charge in [0.15, 0.2) is 17.8 Å². The van der Waals surface area contributed by atoms with Crippen LogP contribution in [0.4, 0.5) is 0 Å². The third-order valence-corrected chi connectivity index (χ3v) is 23.5. The number of hydrogen-bond acceptors (Lipinski definition) is 24. The molecule has 0 spiro atoms. The second kappa shape index (κ2) is 38.8. The SMILES string of the molecule is COc1cc(O)cc(C(NC(=O)CCc2ccc(Oc3cc4cc(c3OC3OC(CO)CC(O)C3OC3CC(C)(N)C(O)C(C)O3)Oc3ccc(cc3)C(C)C(NC(=O)CCC(C)C)C(=O)NC(CC(=O)NC(=O)Cc3ccc(OCCN)cc3)C(=O)NC4C(N)=O)c(Cl)c2)C(=O)NC2C3CC4CC(C3)CC2C4)c1-c1cc(CC(N)=O)ccc1O. The van der Waals surface area contributed by atoms with Crippen LogP contribution in [-0.4, -0.2) is 172 Å². The number of phenols is 2. The minimum atomic E-state index is -1.95. The molecule has 4 saturated carbocycles. The molecule has 4 aliphatic carbocycles. The van der Waals surface area contributed by atoms with E-state index >= 15 is 9.59 Å². The molecule has 644 valence electrons. The summed E-state index contributed by atoms with van der Waals surface area (Å²) in [4.78, 5) is 128. The lowest BCUT2D eigenvalue weighted by atomic mass is 9.54. The number of carbonyl (C=O) groups is 9. The summed E-state index contributed by atoms with van der Waals surface area (Å²) < 4.78 is 50.7. The molecule has 6 aromatic rings. The molecule has 120 heavy (non-hydrogen) atoms. The first kappa shape index (κ1) is 88.6. The van der Waals surface area contributed by atoms with E-state index < -0.39 is 145 Å². The fourth-order valence-electron chi connectivity index (χ4n) is 17.3. The van der Waals surface area contributed by atoms with E-state index in [1.165, 1.54) is 73.8 Å². The standard InChI is InChI=1S/C87H107ClN10O22/c1-42(2)7-21-69(104)95-75-43(3)50-13-17-56(18-14-50)116-66-34-53(77(82(91)109)98-83(110)61(93-84(75)111)39-72(107)94-71(106)33-46-8-15-55(16-9-46)114-24-23-89)35-67(80(66)120-86-79(63(102)38-57(41-99)117-86)119-73-40-87(5,92)81(108)44(4)115-73)118-64-20-11-45(31-60(64)88)12-22-70(105)96-78(85(112)97-76-51-26-48-25-49(28-51)29-52(76)27-48)59-36-54(100)37-65(113-6)74(59)58-30-47(32-68(90)103)10-19-62(58)101/h8-11,13-20,30-31,34-37,42-44,48-49,51-52,57,61,63,73,75-79,81,86,99-102,108H,7,12,21-29,32-33,38-41,89,92H2,1-6H3,(H2,90,103)(H2,91,109)(H,93,111)(H,95,104)(H,96,105)(H,97,112)(H,98,110)(H,94,106,107). The summed E-state index contributed by atoms with van der Waals surface area (Å²) in [6, 6.07) is 19.7. The first-order chi connectivity index (χ1) is 57.2. The Morgan fingerprint density at radius 3 is 2.08 bits per heavy atom. The Morgan fingerprint density at radius 1 is 0.733 bits per heavy atom. The molecule has 4 heterocycles. The van der Waals surface area contributed by atoms with Crippen molar-refractivity contribution in [3.63, 3.8) is 0 Å². The summed E-state index contributed by atoms with van der Waals surface area (Å²) in [5.74, 6) is -8.06. The minimum absolute atomic E-state index is 0.0112. The van der Waals surface area contributed by atoms with Crippen LogP contribution in [0, 0.1) is 29.6 Å². The van der Waals surface area contributed by atoms with Crippen LogP contribution in [0.15, 0.2) is 109 Å². The van der Waals surface area contributed by atoms with E-state index in [0.717, 1.165) is 32.1 Å². The van der Waals surface area contributed by atoms with Crippen LogP contribution in [0.3, 0.4) is 0 Å². The maximum atomic E-state index is 15.3. The Balaban J connectivity index is 0.906. The second-order valence-electron chi connectivity index (χ2n) is 33.0. The van der Waals surface area contributed by atoms with Crippen LogP contribution in [0.25, 0.3) is 11.1 Å². The molecule has 6 aromatic carbocycles. The molecular weight excluding hydrogens is 1570 g/mol. The van der Waals surface area contributed by atoms with Gasteiger partial charge in [0.2, 0.25) is 65.2 Å². The summed E-state index contributed by atoms with van der Waals surface area (Å²) >= 11 is 7.26. The summed E-state index contributed by atoms with van der Waals surface area (Å²) in [7, 11) is 1.34. The molecular formula is C87H107ClN10O22. The first-order valence-electron chi connectivity index (χ1n) is 40.6. The van der Waals surface area contributed by atoms with Gasteiger partial charge in [0.05, 0.1) is 62.4 Å². The number of nitrogens with two attached hydrogens (primary N) is 4. The number of aromatic hydroxyl groups is 2. The van der Waals surface area contributed by atoms with Crippen molar-refractivity contribution < 1.29 is 107 Å². The molecule has 6 fully saturated rings. The smallest absolute Gasteiger partial charge is 0.247 e. The van der Waals surface area contributed by atoms with Gasteiger partial charge >= 0.3 is 0 Å². The zero-order valence-corrected chi connectivity index (χ0v) is 68.4. The molecule has 32 nitrogen and oxygen atoms in total. The van der Waals surface area contributed by atoms with Gasteiger partial charge in [-0.1, -0.05) is 68.8 Å². The molecule has 9 amide bonds. The van der Waals surface area contributed by atoms with E-state index in [1.807, 2.05) is 13.8 Å². The first-order valence-corrected chi connectivity index (χ1v) is 40.9. The number of primary amides is 2. The van der Waals surface area contributed by atoms with E-state index in [0.29, 0.717) is 46.3 Å². The molecule has 19 N–H and O–H groups in total. The Bertz CT molecular complexity index is 4730. The van der Waals surface area contributed by atoms with Crippen LogP contribution in [0.1, 0.15) is 157 Å². The Labute approximate surface area is 699 Å². The zero-order valence-electron chi connectivity index (χ0n) is 67.7. The monoisotopic (exact) mass is 1680 g/mol. The summed E-state index contributed by atoms with van der Waals surface area (Å²) in [5, 5.41) is 73.0. The molecule has 13 atom stereocenters. The Kier molecular flexibility index (Phi) is 28.6. The number of halogens is 1. The number of nitrogens with one attached hydrogen (secondary N) is 6. The van der Waals surface area contributed by atoms with Crippen molar-refractivity contribution in [1.29, 1.82) is 0 Å². The van der Waals surface area contributed by atoms with Crippen molar-refractivity contribution in [3.8, 4) is 62.9 Å². The molecule has 2 saturated heterocycles. The summed E-state index contributed by atoms with van der Waals surface area (Å²) in [5.41, 5.74) is 24.7. The highest BCUT2D eigenvalue weighted by atomic mass is 35.5. The third kappa shape index (κ3) is 21.7. The van der Waals surface area contributed by atoms with Crippen LogP contribution in [0.2, 0.25) is 5.02 Å². The van der Waals surface area contributed by atoms with Crippen molar-refractivity contribution in [2.45, 2.75) is 209 Å². The van der Waals surface area contributed by atoms with Gasteiger partial charge < -0.3 is 113 Å². The second-order valence-corrected chi connectivity index (χ2v) is 33.4. The van der Waals surface area contributed by atoms with E-state index in [2.05, 4.69) is 31.9 Å². The molecule has 8 bridgehead atoms. The molecule has 0 aromatic heterocycles. The summed E-state index contributed by atoms with van der Waals surface area (Å²) in [6.07, 6.45) is -5.64. The number of carbonyl (C=O) groups excluding carboxylic acids is 9. The number of methoxy groups -OCH3 is 1. The number of benzene rings is 6. The van der Waals surface area contributed by atoms with E-state index in [1.54, 1.807) is 63.2 Å². The molecule has 13 unspecified atom stereocenters. The normalized spacial score (nSPS) is 26.6. The highest BCUT2D eigenvalue weighted by Crippen LogP contribution is 2.55. The quantitative estimate of drug-likeness (QED) is 0.0246. The third-order valence-electron chi connectivity index (χ3n) is 23.2. The van der Waals surface area contributed by atoms with Gasteiger partial charge in [-0.15, -0.1) is 0 Å². The van der Waals surface area contributed by atoms with Gasteiger partial charge in [-0.2, -0.15) is 0 Å². The van der Waals surface area contributed by atoms with Crippen LogP contribution in [-0.2, 0) is 76.6 Å². The number of aryl methyl sites for hydroxylation is 1. The molecule has 14 rings (SSSR count). The molecule has 0 radical (unpaired) electrons.